The van der Waals surface area contributed by atoms with Crippen LogP contribution in [0.3, 0.4) is 0 Å². The molecule has 0 fully saturated rings. The summed E-state index contributed by atoms with van der Waals surface area (Å²) in [7, 11) is 2.08. The van der Waals surface area contributed by atoms with Gasteiger partial charge in [0.2, 0.25) is 0 Å². The van der Waals surface area contributed by atoms with Crippen molar-refractivity contribution in [3.8, 4) is 0 Å². The number of hydrogen-bond donors (Lipinski definition) is 2. The average molecular weight is 323 g/mol. The third-order valence-electron chi connectivity index (χ3n) is 4.07. The Morgan fingerprint density at radius 1 is 1.30 bits per heavy atom. The van der Waals surface area contributed by atoms with E-state index in [-0.39, 0.29) is 12.1 Å². The van der Waals surface area contributed by atoms with E-state index in [1.165, 1.54) is 17.0 Å². The summed E-state index contributed by atoms with van der Waals surface area (Å²) in [5, 5.41) is 6.41. The van der Waals surface area contributed by atoms with Crippen molar-refractivity contribution >= 4 is 6.09 Å². The fraction of sp³-hybridized carbons (Fsp3) is 0.722. The summed E-state index contributed by atoms with van der Waals surface area (Å²) < 4.78 is 7.53. The minimum Gasteiger partial charge on any atom is -0.444 e. The van der Waals surface area contributed by atoms with E-state index in [1.807, 2.05) is 20.8 Å². The van der Waals surface area contributed by atoms with Gasteiger partial charge in [0, 0.05) is 37.6 Å². The molecule has 1 aromatic heterocycles. The second-order valence-electron chi connectivity index (χ2n) is 7.58. The van der Waals surface area contributed by atoms with Crippen molar-refractivity contribution in [2.24, 2.45) is 13.0 Å². The zero-order chi connectivity index (χ0) is 17.8. The zero-order valence-electron chi connectivity index (χ0n) is 15.9. The molecule has 23 heavy (non-hydrogen) atoms. The first-order valence-corrected chi connectivity index (χ1v) is 8.33. The molecule has 0 radical (unpaired) electrons. The Hall–Kier alpha value is -1.49. The Morgan fingerprint density at radius 3 is 2.35 bits per heavy atom. The van der Waals surface area contributed by atoms with Crippen LogP contribution in [0, 0.1) is 19.8 Å². The summed E-state index contributed by atoms with van der Waals surface area (Å²) >= 11 is 0. The molecule has 0 aliphatic rings. The molecule has 0 aliphatic carbocycles. The topological polar surface area (TPSA) is 55.3 Å². The van der Waals surface area contributed by atoms with Gasteiger partial charge in [-0.15, -0.1) is 0 Å². The molecule has 0 saturated heterocycles. The number of aryl methyl sites for hydroxylation is 1. The number of nitrogens with one attached hydrogen (secondary N) is 2. The fourth-order valence-corrected chi connectivity index (χ4v) is 2.39. The van der Waals surface area contributed by atoms with E-state index in [4.69, 9.17) is 4.74 Å². The molecular weight excluding hydrogens is 290 g/mol. The van der Waals surface area contributed by atoms with Gasteiger partial charge in [-0.3, -0.25) is 0 Å². The lowest BCUT2D eigenvalue weighted by molar-refractivity contribution is 0.0490. The number of carbonyl (C=O) groups is 1. The number of hydrogen-bond acceptors (Lipinski definition) is 3. The first-order chi connectivity index (χ1) is 10.5. The van der Waals surface area contributed by atoms with Crippen molar-refractivity contribution in [3.05, 3.63) is 23.0 Å². The lowest BCUT2D eigenvalue weighted by Crippen LogP contribution is -2.46. The van der Waals surface area contributed by atoms with Crippen LogP contribution < -0.4 is 10.6 Å². The third kappa shape index (κ3) is 6.26. The SMILES string of the molecule is Cc1cc(CNCC(NC(=O)OC(C)(C)C)C(C)C)c(C)n1C. The highest BCUT2D eigenvalue weighted by atomic mass is 16.6. The van der Waals surface area contributed by atoms with Crippen LogP contribution in [-0.4, -0.2) is 28.8 Å². The Balaban J connectivity index is 2.53. The van der Waals surface area contributed by atoms with Gasteiger partial charge in [0.25, 0.3) is 0 Å². The van der Waals surface area contributed by atoms with Gasteiger partial charge in [-0.2, -0.15) is 0 Å². The maximum absolute atomic E-state index is 11.9. The quantitative estimate of drug-likeness (QED) is 0.845. The summed E-state index contributed by atoms with van der Waals surface area (Å²) in [4.78, 5) is 11.9. The smallest absolute Gasteiger partial charge is 0.407 e. The number of amides is 1. The zero-order valence-corrected chi connectivity index (χ0v) is 15.9. The standard InChI is InChI=1S/C18H33N3O2/c1-12(2)16(20-17(22)23-18(5,6)7)11-19-10-15-9-13(3)21(8)14(15)4/h9,12,16,19H,10-11H2,1-8H3,(H,20,22). The number of rotatable bonds is 6. The van der Waals surface area contributed by atoms with Crippen LogP contribution >= 0.6 is 0 Å². The lowest BCUT2D eigenvalue weighted by atomic mass is 10.0. The number of carbonyl (C=O) groups excluding carboxylic acids is 1. The molecule has 1 atom stereocenters. The average Bonchev–Trinajstić information content (AvgIpc) is 2.63. The van der Waals surface area contributed by atoms with Gasteiger partial charge in [0.05, 0.1) is 0 Å². The molecule has 1 heterocycles. The highest BCUT2D eigenvalue weighted by Gasteiger charge is 2.21. The molecule has 1 aromatic rings. The fourth-order valence-electron chi connectivity index (χ4n) is 2.39. The van der Waals surface area contributed by atoms with Crippen molar-refractivity contribution in [3.63, 3.8) is 0 Å². The summed E-state index contributed by atoms with van der Waals surface area (Å²) in [5.41, 5.74) is 3.35. The van der Waals surface area contributed by atoms with Crippen LogP contribution in [0.2, 0.25) is 0 Å². The van der Waals surface area contributed by atoms with E-state index in [1.54, 1.807) is 0 Å². The Kier molecular flexibility index (Phi) is 6.69. The minimum absolute atomic E-state index is 0.0370. The second-order valence-corrected chi connectivity index (χ2v) is 7.58. The number of aromatic nitrogens is 1. The number of nitrogens with zero attached hydrogens (tertiary/aromatic N) is 1. The first kappa shape index (κ1) is 19.6. The normalized spacial score (nSPS) is 13.3. The molecule has 1 unspecified atom stereocenters. The van der Waals surface area contributed by atoms with Crippen molar-refractivity contribution in [1.82, 2.24) is 15.2 Å². The molecule has 5 heteroatoms. The van der Waals surface area contributed by atoms with Crippen molar-refractivity contribution in [1.29, 1.82) is 0 Å². The van der Waals surface area contributed by atoms with Crippen LogP contribution in [0.5, 0.6) is 0 Å². The largest absolute Gasteiger partial charge is 0.444 e. The predicted octanol–water partition coefficient (Wildman–Crippen LogP) is 3.28. The summed E-state index contributed by atoms with van der Waals surface area (Å²) in [6.45, 7) is 15.6. The van der Waals surface area contributed by atoms with Gasteiger partial charge in [-0.05, 0) is 52.2 Å². The van der Waals surface area contributed by atoms with Gasteiger partial charge in [-0.25, -0.2) is 4.79 Å². The highest BCUT2D eigenvalue weighted by Crippen LogP contribution is 2.13. The van der Waals surface area contributed by atoms with Crippen LogP contribution in [0.1, 0.15) is 51.6 Å². The Labute approximate surface area is 140 Å². The molecule has 1 rings (SSSR count). The van der Waals surface area contributed by atoms with Crippen molar-refractivity contribution < 1.29 is 9.53 Å². The van der Waals surface area contributed by atoms with Crippen LogP contribution in [0.4, 0.5) is 4.79 Å². The van der Waals surface area contributed by atoms with Crippen LogP contribution in [0.15, 0.2) is 6.07 Å². The van der Waals surface area contributed by atoms with Crippen LogP contribution in [-0.2, 0) is 18.3 Å². The molecule has 0 aromatic carbocycles. The number of alkyl carbamates (subject to hydrolysis) is 1. The lowest BCUT2D eigenvalue weighted by Gasteiger charge is -2.26. The molecule has 0 spiro atoms. The van der Waals surface area contributed by atoms with E-state index in [9.17, 15) is 4.79 Å². The first-order valence-electron chi connectivity index (χ1n) is 8.33. The second kappa shape index (κ2) is 7.86. The summed E-state index contributed by atoms with van der Waals surface area (Å²) in [6, 6.07) is 2.24. The van der Waals surface area contributed by atoms with Gasteiger partial charge < -0.3 is 19.9 Å². The van der Waals surface area contributed by atoms with E-state index in [0.29, 0.717) is 12.5 Å². The van der Waals surface area contributed by atoms with Gasteiger partial charge in [0.15, 0.2) is 0 Å². The molecule has 132 valence electrons. The third-order valence-corrected chi connectivity index (χ3v) is 4.07. The van der Waals surface area contributed by atoms with Gasteiger partial charge in [0.1, 0.15) is 5.60 Å². The Bertz CT molecular complexity index is 527. The maximum Gasteiger partial charge on any atom is 0.407 e. The van der Waals surface area contributed by atoms with E-state index < -0.39 is 5.60 Å². The van der Waals surface area contributed by atoms with E-state index >= 15 is 0 Å². The molecule has 0 bridgehead atoms. The van der Waals surface area contributed by atoms with E-state index in [0.717, 1.165) is 6.54 Å². The van der Waals surface area contributed by atoms with Crippen molar-refractivity contribution in [2.45, 2.75) is 66.7 Å². The van der Waals surface area contributed by atoms with Crippen molar-refractivity contribution in [2.75, 3.05) is 6.54 Å². The molecule has 1 amide bonds. The maximum atomic E-state index is 11.9. The monoisotopic (exact) mass is 323 g/mol. The van der Waals surface area contributed by atoms with Gasteiger partial charge in [-0.1, -0.05) is 13.8 Å². The van der Waals surface area contributed by atoms with Crippen LogP contribution in [0.25, 0.3) is 0 Å². The molecule has 5 nitrogen and oxygen atoms in total. The number of ether oxygens (including phenoxy) is 1. The molecule has 0 aliphatic heterocycles. The van der Waals surface area contributed by atoms with Gasteiger partial charge >= 0.3 is 6.09 Å². The minimum atomic E-state index is -0.474. The highest BCUT2D eigenvalue weighted by molar-refractivity contribution is 5.68. The Morgan fingerprint density at radius 2 is 1.91 bits per heavy atom. The molecule has 0 saturated carbocycles. The summed E-state index contributed by atoms with van der Waals surface area (Å²) in [5.74, 6) is 0.327. The predicted molar refractivity (Wildman–Crippen MR) is 94.6 cm³/mol. The van der Waals surface area contributed by atoms with E-state index in [2.05, 4.69) is 56.0 Å². The molecule has 2 N–H and O–H groups in total. The summed E-state index contributed by atoms with van der Waals surface area (Å²) in [6.07, 6.45) is -0.357. The molecular formula is C18H33N3O2.